The number of nitrogens with zero attached hydrogens (tertiary/aromatic N) is 4. The highest BCUT2D eigenvalue weighted by Crippen LogP contribution is 2.46. The molecule has 2 N–H and O–H groups in total. The zero-order chi connectivity index (χ0) is 32.1. The molecule has 242 valence electrons. The SMILES string of the molecule is CCOC(=O)C1=C(CN2CCO[C@@H]3CN(S(=O)(=O)C4CC(C)(C(=O)O)C4)C[C@@H]32)NC(c2nccs2)=N[C@H]1c1cccc(F)c1C. The second kappa shape index (κ2) is 12.2. The number of carbonyl (C=O) groups excluding carboxylic acids is 1. The van der Waals surface area contributed by atoms with Gasteiger partial charge in [-0.1, -0.05) is 12.1 Å². The molecular formula is C30H36FN5O7S2. The van der Waals surface area contributed by atoms with Crippen LogP contribution in [0.4, 0.5) is 4.39 Å². The number of hydrogen-bond donors (Lipinski definition) is 2. The Kier molecular flexibility index (Phi) is 8.58. The fraction of sp³-hybridized carbons (Fsp3) is 0.533. The smallest absolute Gasteiger partial charge is 0.338 e. The van der Waals surface area contributed by atoms with Crippen molar-refractivity contribution in [2.45, 2.75) is 57.1 Å². The largest absolute Gasteiger partial charge is 0.481 e. The van der Waals surface area contributed by atoms with Crippen LogP contribution in [0.5, 0.6) is 0 Å². The maximum atomic E-state index is 14.8. The van der Waals surface area contributed by atoms with Crippen LogP contribution in [0.3, 0.4) is 0 Å². The number of ether oxygens (including phenoxy) is 2. The summed E-state index contributed by atoms with van der Waals surface area (Å²) in [5.74, 6) is -1.55. The minimum absolute atomic E-state index is 0.0700. The predicted molar refractivity (Wildman–Crippen MR) is 164 cm³/mol. The summed E-state index contributed by atoms with van der Waals surface area (Å²) in [6, 6.07) is 3.51. The molecule has 0 amide bonds. The molecular weight excluding hydrogens is 625 g/mol. The number of benzene rings is 1. The maximum Gasteiger partial charge on any atom is 0.338 e. The van der Waals surface area contributed by atoms with Crippen molar-refractivity contribution >= 4 is 39.1 Å². The number of aliphatic imine (C=N–C) groups is 1. The summed E-state index contributed by atoms with van der Waals surface area (Å²) in [6.07, 6.45) is 1.39. The number of carboxylic acid groups (broad SMARTS) is 1. The highest BCUT2D eigenvalue weighted by atomic mass is 32.2. The first-order chi connectivity index (χ1) is 21.4. The Hall–Kier alpha value is -3.24. The minimum atomic E-state index is -3.74. The van der Waals surface area contributed by atoms with E-state index >= 15 is 0 Å². The van der Waals surface area contributed by atoms with Crippen LogP contribution in [0, 0.1) is 18.2 Å². The molecule has 15 heteroatoms. The van der Waals surface area contributed by atoms with Crippen LogP contribution in [0.1, 0.15) is 48.9 Å². The normalized spacial score (nSPS) is 29.0. The maximum absolute atomic E-state index is 14.8. The molecule has 2 aromatic rings. The van der Waals surface area contributed by atoms with Gasteiger partial charge in [0.15, 0.2) is 10.8 Å². The first-order valence-corrected chi connectivity index (χ1v) is 17.3. The lowest BCUT2D eigenvalue weighted by molar-refractivity contribution is -0.152. The third kappa shape index (κ3) is 5.80. The fourth-order valence-corrected chi connectivity index (χ4v) is 9.52. The second-order valence-electron chi connectivity index (χ2n) is 12.1. The quantitative estimate of drug-likeness (QED) is 0.384. The lowest BCUT2D eigenvalue weighted by atomic mass is 9.70. The molecule has 1 aromatic heterocycles. The lowest BCUT2D eigenvalue weighted by Gasteiger charge is -2.42. The molecule has 3 aliphatic heterocycles. The predicted octanol–water partition coefficient (Wildman–Crippen LogP) is 2.47. The number of sulfonamides is 1. The van der Waals surface area contributed by atoms with Gasteiger partial charge in [0, 0.05) is 43.5 Å². The second-order valence-corrected chi connectivity index (χ2v) is 15.2. The van der Waals surface area contributed by atoms with Crippen LogP contribution in [0.15, 0.2) is 46.0 Å². The van der Waals surface area contributed by atoms with Crippen molar-refractivity contribution < 1.29 is 37.0 Å². The summed E-state index contributed by atoms with van der Waals surface area (Å²) >= 11 is 1.37. The van der Waals surface area contributed by atoms with Crippen LogP contribution in [-0.4, -0.2) is 102 Å². The lowest BCUT2D eigenvalue weighted by Crippen LogP contribution is -2.53. The average molecular weight is 662 g/mol. The standard InChI is InChI=1S/C30H36FN5O7S2/c1-4-42-28(37)24-21(33-26(27-32-8-11-44-27)34-25(24)19-6-5-7-20(31)17(19)2)14-35-9-10-43-23-16-36(15-22(23)35)45(40,41)18-12-30(3,13-18)29(38)39/h5-8,11,18,22-23,25H,4,9-10,12-16H2,1-3H3,(H,33,34)(H,38,39)/t18?,22-,23+,25-,30?/m0/s1. The van der Waals surface area contributed by atoms with E-state index < -0.39 is 50.6 Å². The average Bonchev–Trinajstić information content (AvgIpc) is 3.68. The number of esters is 1. The van der Waals surface area contributed by atoms with E-state index in [-0.39, 0.29) is 50.7 Å². The van der Waals surface area contributed by atoms with Crippen LogP contribution in [0.25, 0.3) is 0 Å². The van der Waals surface area contributed by atoms with E-state index in [0.717, 1.165) is 0 Å². The van der Waals surface area contributed by atoms with Crippen molar-refractivity contribution in [3.05, 3.63) is 63.0 Å². The van der Waals surface area contributed by atoms with Gasteiger partial charge in [0.1, 0.15) is 11.9 Å². The first kappa shape index (κ1) is 31.7. The van der Waals surface area contributed by atoms with Crippen molar-refractivity contribution in [2.24, 2.45) is 10.4 Å². The fourth-order valence-electron chi connectivity index (χ4n) is 6.64. The van der Waals surface area contributed by atoms with Crippen LogP contribution in [0.2, 0.25) is 0 Å². The molecule has 0 unspecified atom stereocenters. The molecule has 6 rings (SSSR count). The summed E-state index contributed by atoms with van der Waals surface area (Å²) < 4.78 is 54.8. The molecule has 0 bridgehead atoms. The molecule has 0 spiro atoms. The van der Waals surface area contributed by atoms with Crippen molar-refractivity contribution in [1.29, 1.82) is 0 Å². The van der Waals surface area contributed by atoms with Gasteiger partial charge in [0.05, 0.1) is 41.6 Å². The molecule has 2 saturated heterocycles. The Labute approximate surface area is 265 Å². The molecule has 12 nitrogen and oxygen atoms in total. The van der Waals surface area contributed by atoms with Gasteiger partial charge < -0.3 is 19.9 Å². The van der Waals surface area contributed by atoms with Gasteiger partial charge in [-0.05, 0) is 50.8 Å². The van der Waals surface area contributed by atoms with Gasteiger partial charge in [-0.3, -0.25) is 14.7 Å². The van der Waals surface area contributed by atoms with Crippen LogP contribution < -0.4 is 5.32 Å². The summed E-state index contributed by atoms with van der Waals surface area (Å²) in [5, 5.41) is 14.5. The van der Waals surface area contributed by atoms with E-state index in [0.29, 0.717) is 40.8 Å². The number of morpholine rings is 1. The van der Waals surface area contributed by atoms with Gasteiger partial charge in [-0.25, -0.2) is 22.6 Å². The Morgan fingerprint density at radius 2 is 2.07 bits per heavy atom. The number of aromatic nitrogens is 1. The van der Waals surface area contributed by atoms with Gasteiger partial charge in [0.25, 0.3) is 0 Å². The van der Waals surface area contributed by atoms with E-state index in [1.807, 2.05) is 5.38 Å². The highest BCUT2D eigenvalue weighted by molar-refractivity contribution is 7.89. The number of nitrogens with one attached hydrogen (secondary N) is 1. The molecule has 45 heavy (non-hydrogen) atoms. The summed E-state index contributed by atoms with van der Waals surface area (Å²) in [6.45, 7) is 6.46. The molecule has 1 saturated carbocycles. The first-order valence-electron chi connectivity index (χ1n) is 14.9. The number of carbonyl (C=O) groups is 2. The van der Waals surface area contributed by atoms with Gasteiger partial charge in [-0.15, -0.1) is 11.3 Å². The monoisotopic (exact) mass is 661 g/mol. The zero-order valence-electron chi connectivity index (χ0n) is 25.2. The van der Waals surface area contributed by atoms with E-state index in [2.05, 4.69) is 15.2 Å². The molecule has 4 aliphatic rings. The highest BCUT2D eigenvalue weighted by Gasteiger charge is 2.55. The van der Waals surface area contributed by atoms with E-state index in [9.17, 15) is 27.5 Å². The molecule has 3 fully saturated rings. The van der Waals surface area contributed by atoms with Gasteiger partial charge in [0.2, 0.25) is 10.0 Å². The Morgan fingerprint density at radius 1 is 1.29 bits per heavy atom. The van der Waals surface area contributed by atoms with Crippen molar-refractivity contribution in [3.63, 3.8) is 0 Å². The van der Waals surface area contributed by atoms with Crippen LogP contribution >= 0.6 is 11.3 Å². The van der Waals surface area contributed by atoms with Crippen LogP contribution in [-0.2, 0) is 29.1 Å². The molecule has 0 radical (unpaired) electrons. The zero-order valence-corrected chi connectivity index (χ0v) is 26.9. The Balaban J connectivity index is 1.32. The molecule has 1 aromatic carbocycles. The van der Waals surface area contributed by atoms with Gasteiger partial charge >= 0.3 is 11.9 Å². The summed E-state index contributed by atoms with van der Waals surface area (Å²) in [5.41, 5.74) is 0.617. The Morgan fingerprint density at radius 3 is 2.76 bits per heavy atom. The molecule has 4 heterocycles. The third-order valence-electron chi connectivity index (χ3n) is 9.26. The number of hydrogen-bond acceptors (Lipinski definition) is 11. The number of halogens is 1. The number of thiazole rings is 1. The molecule has 3 atom stereocenters. The van der Waals surface area contributed by atoms with Crippen molar-refractivity contribution in [3.8, 4) is 0 Å². The Bertz CT molecular complexity index is 1660. The van der Waals surface area contributed by atoms with E-state index in [1.54, 1.807) is 39.1 Å². The topological polar surface area (TPSA) is 151 Å². The minimum Gasteiger partial charge on any atom is -0.481 e. The third-order valence-corrected chi connectivity index (χ3v) is 12.2. The van der Waals surface area contributed by atoms with E-state index in [4.69, 9.17) is 14.5 Å². The summed E-state index contributed by atoms with van der Waals surface area (Å²) in [7, 11) is -3.74. The van der Waals surface area contributed by atoms with Gasteiger partial charge in [-0.2, -0.15) is 4.31 Å². The summed E-state index contributed by atoms with van der Waals surface area (Å²) in [4.78, 5) is 36.5. The van der Waals surface area contributed by atoms with Crippen molar-refractivity contribution in [1.82, 2.24) is 19.5 Å². The number of fused-ring (bicyclic) bond motifs is 1. The molecule has 1 aliphatic carbocycles. The number of aliphatic carboxylic acids is 1. The number of rotatable bonds is 9. The number of carboxylic acids is 1. The number of amidine groups is 1. The van der Waals surface area contributed by atoms with E-state index in [1.165, 1.54) is 21.7 Å². The van der Waals surface area contributed by atoms with Crippen molar-refractivity contribution in [2.75, 3.05) is 39.4 Å².